The zero-order valence-electron chi connectivity index (χ0n) is 14.7. The van der Waals surface area contributed by atoms with E-state index < -0.39 is 0 Å². The number of aryl methyl sites for hydroxylation is 1. The van der Waals surface area contributed by atoms with Gasteiger partial charge in [-0.05, 0) is 37.1 Å². The molecule has 3 aromatic rings. The van der Waals surface area contributed by atoms with Crippen molar-refractivity contribution in [1.29, 1.82) is 0 Å². The van der Waals surface area contributed by atoms with E-state index in [1.165, 1.54) is 10.9 Å². The molecule has 1 N–H and O–H groups in total. The summed E-state index contributed by atoms with van der Waals surface area (Å²) in [5, 5.41) is 1.24. The van der Waals surface area contributed by atoms with Gasteiger partial charge >= 0.3 is 0 Å². The SMILES string of the molecule is Cc1ccccc1N1C(=O)CN(Cc2c[nH]c3ccccc23)C[C@H]1C. The molecule has 4 nitrogen and oxygen atoms in total. The molecule has 4 rings (SSSR count). The van der Waals surface area contributed by atoms with E-state index in [0.29, 0.717) is 6.54 Å². The van der Waals surface area contributed by atoms with Crippen molar-refractivity contribution in [3.8, 4) is 0 Å². The van der Waals surface area contributed by atoms with Crippen molar-refractivity contribution in [2.24, 2.45) is 0 Å². The number of H-pyrrole nitrogens is 1. The standard InChI is InChI=1S/C21H23N3O/c1-15-7-3-6-10-20(15)24-16(2)12-23(14-21(24)25)13-17-11-22-19-9-5-4-8-18(17)19/h3-11,16,22H,12-14H2,1-2H3/t16-/m1/s1. The van der Waals surface area contributed by atoms with Gasteiger partial charge in [-0.3, -0.25) is 9.69 Å². The molecule has 0 spiro atoms. The molecular formula is C21H23N3O. The lowest BCUT2D eigenvalue weighted by Gasteiger charge is -2.40. The van der Waals surface area contributed by atoms with E-state index in [0.717, 1.165) is 29.9 Å². The van der Waals surface area contributed by atoms with E-state index in [-0.39, 0.29) is 11.9 Å². The number of aromatic nitrogens is 1. The number of anilines is 1. The lowest BCUT2D eigenvalue weighted by atomic mass is 10.1. The summed E-state index contributed by atoms with van der Waals surface area (Å²) in [5.74, 6) is 0.174. The van der Waals surface area contributed by atoms with Crippen LogP contribution in [0.15, 0.2) is 54.7 Å². The second kappa shape index (κ2) is 6.37. The highest BCUT2D eigenvalue weighted by Gasteiger charge is 2.31. The Morgan fingerprint density at radius 3 is 2.68 bits per heavy atom. The van der Waals surface area contributed by atoms with E-state index >= 15 is 0 Å². The molecule has 1 amide bonds. The molecule has 0 radical (unpaired) electrons. The molecule has 1 aromatic heterocycles. The lowest BCUT2D eigenvalue weighted by Crippen LogP contribution is -2.55. The number of benzene rings is 2. The van der Waals surface area contributed by atoms with Crippen LogP contribution in [0.1, 0.15) is 18.1 Å². The van der Waals surface area contributed by atoms with Crippen molar-refractivity contribution in [3.05, 3.63) is 65.9 Å². The summed E-state index contributed by atoms with van der Waals surface area (Å²) in [5.41, 5.74) is 4.58. The molecule has 4 heteroatoms. The number of fused-ring (bicyclic) bond motifs is 1. The van der Waals surface area contributed by atoms with Gasteiger partial charge in [-0.25, -0.2) is 0 Å². The Balaban J connectivity index is 1.54. The first-order valence-electron chi connectivity index (χ1n) is 8.78. The summed E-state index contributed by atoms with van der Waals surface area (Å²) in [7, 11) is 0. The maximum Gasteiger partial charge on any atom is 0.241 e. The van der Waals surface area contributed by atoms with Crippen LogP contribution in [-0.2, 0) is 11.3 Å². The molecule has 1 atom stereocenters. The molecule has 128 valence electrons. The van der Waals surface area contributed by atoms with E-state index in [4.69, 9.17) is 0 Å². The van der Waals surface area contributed by atoms with Gasteiger partial charge in [-0.15, -0.1) is 0 Å². The summed E-state index contributed by atoms with van der Waals surface area (Å²) < 4.78 is 0. The van der Waals surface area contributed by atoms with E-state index in [9.17, 15) is 4.79 Å². The Hall–Kier alpha value is -2.59. The fourth-order valence-corrected chi connectivity index (χ4v) is 3.86. The Morgan fingerprint density at radius 1 is 1.12 bits per heavy atom. The van der Waals surface area contributed by atoms with E-state index in [2.05, 4.69) is 54.2 Å². The minimum absolute atomic E-state index is 0.160. The number of nitrogens with zero attached hydrogens (tertiary/aromatic N) is 2. The molecule has 1 saturated heterocycles. The van der Waals surface area contributed by atoms with Gasteiger partial charge in [0.2, 0.25) is 5.91 Å². The lowest BCUT2D eigenvalue weighted by molar-refractivity contribution is -0.122. The van der Waals surface area contributed by atoms with Gasteiger partial charge in [0.15, 0.2) is 0 Å². The quantitative estimate of drug-likeness (QED) is 0.793. The van der Waals surface area contributed by atoms with Crippen LogP contribution in [0.4, 0.5) is 5.69 Å². The zero-order chi connectivity index (χ0) is 17.4. The van der Waals surface area contributed by atoms with Crippen LogP contribution in [0.25, 0.3) is 10.9 Å². The largest absolute Gasteiger partial charge is 0.361 e. The summed E-state index contributed by atoms with van der Waals surface area (Å²) >= 11 is 0. The van der Waals surface area contributed by atoms with Crippen molar-refractivity contribution in [2.45, 2.75) is 26.4 Å². The second-order valence-electron chi connectivity index (χ2n) is 6.93. The molecule has 1 aliphatic heterocycles. The van der Waals surface area contributed by atoms with Gasteiger partial charge < -0.3 is 9.88 Å². The number of amides is 1. The minimum Gasteiger partial charge on any atom is -0.361 e. The summed E-state index contributed by atoms with van der Waals surface area (Å²) in [4.78, 5) is 20.4. The number of hydrogen-bond donors (Lipinski definition) is 1. The van der Waals surface area contributed by atoms with Gasteiger partial charge in [0, 0.05) is 41.9 Å². The van der Waals surface area contributed by atoms with Crippen LogP contribution in [-0.4, -0.2) is 34.9 Å². The fourth-order valence-electron chi connectivity index (χ4n) is 3.86. The summed E-state index contributed by atoms with van der Waals surface area (Å²) in [6, 6.07) is 16.6. The molecule has 2 aromatic carbocycles. The highest BCUT2D eigenvalue weighted by molar-refractivity contribution is 5.97. The number of hydrogen-bond acceptors (Lipinski definition) is 2. The molecule has 0 aliphatic carbocycles. The molecule has 0 bridgehead atoms. The molecule has 25 heavy (non-hydrogen) atoms. The van der Waals surface area contributed by atoms with Crippen LogP contribution in [0.3, 0.4) is 0 Å². The minimum atomic E-state index is 0.160. The molecule has 0 saturated carbocycles. The van der Waals surface area contributed by atoms with Crippen LogP contribution in [0, 0.1) is 6.92 Å². The van der Waals surface area contributed by atoms with Crippen molar-refractivity contribution in [2.75, 3.05) is 18.0 Å². The Labute approximate surface area is 148 Å². The molecule has 0 unspecified atom stereocenters. The first-order valence-corrected chi connectivity index (χ1v) is 8.78. The normalized spacial score (nSPS) is 18.9. The van der Waals surface area contributed by atoms with Crippen molar-refractivity contribution >= 4 is 22.5 Å². The first kappa shape index (κ1) is 15.9. The number of carbonyl (C=O) groups is 1. The number of nitrogens with one attached hydrogen (secondary N) is 1. The predicted octanol–water partition coefficient (Wildman–Crippen LogP) is 3.71. The van der Waals surface area contributed by atoms with Crippen molar-refractivity contribution < 1.29 is 4.79 Å². The van der Waals surface area contributed by atoms with Gasteiger partial charge in [-0.1, -0.05) is 36.4 Å². The predicted molar refractivity (Wildman–Crippen MR) is 102 cm³/mol. The number of rotatable bonds is 3. The summed E-state index contributed by atoms with van der Waals surface area (Å²) in [6.07, 6.45) is 2.06. The third-order valence-corrected chi connectivity index (χ3v) is 5.03. The van der Waals surface area contributed by atoms with Crippen LogP contribution >= 0.6 is 0 Å². The Bertz CT molecular complexity index is 914. The third-order valence-electron chi connectivity index (χ3n) is 5.03. The highest BCUT2D eigenvalue weighted by Crippen LogP contribution is 2.26. The Kier molecular flexibility index (Phi) is 4.06. The van der Waals surface area contributed by atoms with E-state index in [1.807, 2.05) is 29.2 Å². The molecule has 1 fully saturated rings. The van der Waals surface area contributed by atoms with Crippen LogP contribution in [0.5, 0.6) is 0 Å². The van der Waals surface area contributed by atoms with Crippen molar-refractivity contribution in [1.82, 2.24) is 9.88 Å². The zero-order valence-corrected chi connectivity index (χ0v) is 14.7. The maximum atomic E-state index is 12.8. The third kappa shape index (κ3) is 2.94. The fraction of sp³-hybridized carbons (Fsp3) is 0.286. The number of piperazine rings is 1. The van der Waals surface area contributed by atoms with Gasteiger partial charge in [0.1, 0.15) is 0 Å². The van der Waals surface area contributed by atoms with Gasteiger partial charge in [0.05, 0.1) is 6.54 Å². The van der Waals surface area contributed by atoms with E-state index in [1.54, 1.807) is 0 Å². The van der Waals surface area contributed by atoms with Crippen LogP contribution in [0.2, 0.25) is 0 Å². The average molecular weight is 333 g/mol. The Morgan fingerprint density at radius 2 is 1.88 bits per heavy atom. The van der Waals surface area contributed by atoms with Gasteiger partial charge in [0.25, 0.3) is 0 Å². The van der Waals surface area contributed by atoms with Crippen LogP contribution < -0.4 is 4.90 Å². The monoisotopic (exact) mass is 333 g/mol. The van der Waals surface area contributed by atoms with Crippen molar-refractivity contribution in [3.63, 3.8) is 0 Å². The topological polar surface area (TPSA) is 39.3 Å². The van der Waals surface area contributed by atoms with Gasteiger partial charge in [-0.2, -0.15) is 0 Å². The molecule has 1 aliphatic rings. The second-order valence-corrected chi connectivity index (χ2v) is 6.93. The smallest absolute Gasteiger partial charge is 0.241 e. The number of aromatic amines is 1. The average Bonchev–Trinajstić information content (AvgIpc) is 2.99. The molecule has 2 heterocycles. The summed E-state index contributed by atoms with van der Waals surface area (Å²) in [6.45, 7) is 6.32. The number of carbonyl (C=O) groups excluding carboxylic acids is 1. The first-order chi connectivity index (χ1) is 12.1. The molecular weight excluding hydrogens is 310 g/mol. The number of para-hydroxylation sites is 2. The highest BCUT2D eigenvalue weighted by atomic mass is 16.2. The maximum absolute atomic E-state index is 12.8.